The van der Waals surface area contributed by atoms with E-state index >= 15 is 0 Å². The molecule has 112 valence electrons. The second-order valence-electron chi connectivity index (χ2n) is 6.62. The maximum Gasteiger partial charge on any atom is 0.0701 e. The Morgan fingerprint density at radius 3 is 2.68 bits per heavy atom. The van der Waals surface area contributed by atoms with Crippen LogP contribution in [0.2, 0.25) is 0 Å². The van der Waals surface area contributed by atoms with Crippen LogP contribution >= 0.6 is 0 Å². The summed E-state index contributed by atoms with van der Waals surface area (Å²) < 4.78 is 5.80. The third kappa shape index (κ3) is 4.73. The smallest absolute Gasteiger partial charge is 0.0701 e. The van der Waals surface area contributed by atoms with Gasteiger partial charge in [0, 0.05) is 19.7 Å². The maximum absolute atomic E-state index is 10.2. The van der Waals surface area contributed by atoms with E-state index in [4.69, 9.17) is 4.74 Å². The first-order valence-corrected chi connectivity index (χ1v) is 8.17. The molecular weight excluding hydrogens is 238 g/mol. The molecule has 19 heavy (non-hydrogen) atoms. The Bertz CT molecular complexity index is 253. The monoisotopic (exact) mass is 269 g/mol. The minimum atomic E-state index is -0.0856. The van der Waals surface area contributed by atoms with Gasteiger partial charge in [0.25, 0.3) is 0 Å². The highest BCUT2D eigenvalue weighted by Gasteiger charge is 2.29. The molecule has 1 aliphatic heterocycles. The summed E-state index contributed by atoms with van der Waals surface area (Å²) in [5.41, 5.74) is 0. The van der Waals surface area contributed by atoms with Crippen molar-refractivity contribution >= 4 is 0 Å². The minimum absolute atomic E-state index is 0.0856. The molecule has 4 atom stereocenters. The number of aliphatic hydroxyl groups excluding tert-OH is 1. The van der Waals surface area contributed by atoms with Gasteiger partial charge in [0.2, 0.25) is 0 Å². The Morgan fingerprint density at radius 1 is 1.16 bits per heavy atom. The van der Waals surface area contributed by atoms with Gasteiger partial charge in [0.1, 0.15) is 0 Å². The lowest BCUT2D eigenvalue weighted by Gasteiger charge is -2.36. The summed E-state index contributed by atoms with van der Waals surface area (Å²) in [5, 5.41) is 10.2. The van der Waals surface area contributed by atoms with Crippen molar-refractivity contribution in [3.63, 3.8) is 0 Å². The van der Waals surface area contributed by atoms with Gasteiger partial charge in [-0.05, 0) is 57.4 Å². The Labute approximate surface area is 118 Å². The number of ether oxygens (including phenoxy) is 1. The molecule has 2 aliphatic rings. The zero-order valence-corrected chi connectivity index (χ0v) is 12.7. The minimum Gasteiger partial charge on any atom is -0.393 e. The Kier molecular flexibility index (Phi) is 6.11. The topological polar surface area (TPSA) is 32.7 Å². The van der Waals surface area contributed by atoms with E-state index in [0.29, 0.717) is 12.0 Å². The van der Waals surface area contributed by atoms with Gasteiger partial charge in [-0.3, -0.25) is 0 Å². The van der Waals surface area contributed by atoms with Crippen LogP contribution in [0.15, 0.2) is 0 Å². The summed E-state index contributed by atoms with van der Waals surface area (Å²) in [4.78, 5) is 2.38. The van der Waals surface area contributed by atoms with Gasteiger partial charge in [-0.25, -0.2) is 0 Å². The summed E-state index contributed by atoms with van der Waals surface area (Å²) in [6.07, 6.45) is 8.74. The molecule has 1 N–H and O–H groups in total. The number of likely N-dealkylation sites (N-methyl/N-ethyl adjacent to an activating group) is 1. The molecular formula is C16H31NO2. The summed E-state index contributed by atoms with van der Waals surface area (Å²) in [6.45, 7) is 5.26. The van der Waals surface area contributed by atoms with E-state index in [1.165, 1.54) is 38.5 Å². The standard InChI is InChI=1S/C16H31NO2/c1-3-13-7-8-16(18)14(10-13)11-17(2)12-15-6-4-5-9-19-15/h13-16,18H,3-12H2,1-2H3. The van der Waals surface area contributed by atoms with E-state index in [0.717, 1.165) is 32.0 Å². The molecule has 0 amide bonds. The van der Waals surface area contributed by atoms with Crippen LogP contribution in [0.1, 0.15) is 51.9 Å². The normalized spacial score (nSPS) is 36.6. The molecule has 0 aromatic rings. The number of hydrogen-bond acceptors (Lipinski definition) is 3. The van der Waals surface area contributed by atoms with Gasteiger partial charge in [-0.1, -0.05) is 13.3 Å². The second kappa shape index (κ2) is 7.61. The van der Waals surface area contributed by atoms with Crippen molar-refractivity contribution in [2.24, 2.45) is 11.8 Å². The van der Waals surface area contributed by atoms with Crippen molar-refractivity contribution in [2.45, 2.75) is 64.1 Å². The predicted molar refractivity (Wildman–Crippen MR) is 78.2 cm³/mol. The van der Waals surface area contributed by atoms with Crippen molar-refractivity contribution in [2.75, 3.05) is 26.7 Å². The maximum atomic E-state index is 10.2. The third-order valence-electron chi connectivity index (χ3n) is 4.96. The van der Waals surface area contributed by atoms with Crippen molar-refractivity contribution in [3.8, 4) is 0 Å². The predicted octanol–water partition coefficient (Wildman–Crippen LogP) is 2.67. The Hall–Kier alpha value is -0.120. The van der Waals surface area contributed by atoms with E-state index in [2.05, 4.69) is 18.9 Å². The molecule has 3 heteroatoms. The van der Waals surface area contributed by atoms with Gasteiger partial charge in [-0.2, -0.15) is 0 Å². The van der Waals surface area contributed by atoms with Gasteiger partial charge in [0.05, 0.1) is 12.2 Å². The van der Waals surface area contributed by atoms with Crippen molar-refractivity contribution in [1.82, 2.24) is 4.90 Å². The lowest BCUT2D eigenvalue weighted by atomic mass is 9.78. The second-order valence-corrected chi connectivity index (χ2v) is 6.62. The molecule has 1 saturated heterocycles. The van der Waals surface area contributed by atoms with E-state index in [1.54, 1.807) is 0 Å². The molecule has 0 radical (unpaired) electrons. The van der Waals surface area contributed by atoms with Crippen LogP contribution in [0.5, 0.6) is 0 Å². The zero-order chi connectivity index (χ0) is 13.7. The number of rotatable bonds is 5. The van der Waals surface area contributed by atoms with E-state index < -0.39 is 0 Å². The zero-order valence-electron chi connectivity index (χ0n) is 12.7. The first-order valence-electron chi connectivity index (χ1n) is 8.17. The molecule has 1 aliphatic carbocycles. The van der Waals surface area contributed by atoms with Crippen molar-refractivity contribution in [3.05, 3.63) is 0 Å². The quantitative estimate of drug-likeness (QED) is 0.833. The average Bonchev–Trinajstić information content (AvgIpc) is 2.42. The van der Waals surface area contributed by atoms with E-state index in [9.17, 15) is 5.11 Å². The molecule has 1 saturated carbocycles. The SMILES string of the molecule is CCC1CCC(O)C(CN(C)CC2CCCCO2)C1. The third-order valence-corrected chi connectivity index (χ3v) is 4.96. The molecule has 0 bridgehead atoms. The van der Waals surface area contributed by atoms with Crippen LogP contribution in [0.4, 0.5) is 0 Å². The highest BCUT2D eigenvalue weighted by molar-refractivity contribution is 4.81. The molecule has 0 aromatic heterocycles. The highest BCUT2D eigenvalue weighted by Crippen LogP contribution is 2.31. The molecule has 1 heterocycles. The van der Waals surface area contributed by atoms with Crippen LogP contribution in [0.25, 0.3) is 0 Å². The van der Waals surface area contributed by atoms with Crippen molar-refractivity contribution in [1.29, 1.82) is 0 Å². The molecule has 2 fully saturated rings. The van der Waals surface area contributed by atoms with Gasteiger partial charge in [-0.15, -0.1) is 0 Å². The lowest BCUT2D eigenvalue weighted by Crippen LogP contribution is -2.41. The molecule has 3 nitrogen and oxygen atoms in total. The fourth-order valence-corrected chi connectivity index (χ4v) is 3.69. The van der Waals surface area contributed by atoms with Crippen LogP contribution in [0, 0.1) is 11.8 Å². The average molecular weight is 269 g/mol. The van der Waals surface area contributed by atoms with Crippen LogP contribution in [-0.2, 0) is 4.74 Å². The molecule has 2 rings (SSSR count). The Morgan fingerprint density at radius 2 is 2.00 bits per heavy atom. The number of nitrogens with zero attached hydrogens (tertiary/aromatic N) is 1. The first-order chi connectivity index (χ1) is 9.19. The summed E-state index contributed by atoms with van der Waals surface area (Å²) in [7, 11) is 2.18. The van der Waals surface area contributed by atoms with Crippen molar-refractivity contribution < 1.29 is 9.84 Å². The van der Waals surface area contributed by atoms with Crippen LogP contribution < -0.4 is 0 Å². The number of aliphatic hydroxyl groups is 1. The highest BCUT2D eigenvalue weighted by atomic mass is 16.5. The molecule has 4 unspecified atom stereocenters. The van der Waals surface area contributed by atoms with Crippen LogP contribution in [-0.4, -0.2) is 49.0 Å². The molecule has 0 spiro atoms. The van der Waals surface area contributed by atoms with Gasteiger partial charge < -0.3 is 14.7 Å². The Balaban J connectivity index is 1.74. The summed E-state index contributed by atoms with van der Waals surface area (Å²) in [5.74, 6) is 1.29. The van der Waals surface area contributed by atoms with E-state index in [1.807, 2.05) is 0 Å². The first kappa shape index (κ1) is 15.3. The van der Waals surface area contributed by atoms with E-state index in [-0.39, 0.29) is 6.10 Å². The summed E-state index contributed by atoms with van der Waals surface area (Å²) >= 11 is 0. The van der Waals surface area contributed by atoms with Gasteiger partial charge >= 0.3 is 0 Å². The lowest BCUT2D eigenvalue weighted by molar-refractivity contribution is -0.0155. The largest absolute Gasteiger partial charge is 0.393 e. The van der Waals surface area contributed by atoms with Gasteiger partial charge in [0.15, 0.2) is 0 Å². The summed E-state index contributed by atoms with van der Waals surface area (Å²) in [6, 6.07) is 0. The molecule has 0 aromatic carbocycles. The van der Waals surface area contributed by atoms with Crippen LogP contribution in [0.3, 0.4) is 0 Å². The fourth-order valence-electron chi connectivity index (χ4n) is 3.69. The fraction of sp³-hybridized carbons (Fsp3) is 1.00. The number of hydrogen-bond donors (Lipinski definition) is 1.